The normalized spacial score (nSPS) is 11.0. The molecule has 0 heterocycles. The molecule has 1 amide bonds. The predicted octanol–water partition coefficient (Wildman–Crippen LogP) is 3.57. The molecule has 0 spiro atoms. The molecule has 0 aliphatic rings. The van der Waals surface area contributed by atoms with Crippen LogP contribution in [0.25, 0.3) is 0 Å². The zero-order valence-corrected chi connectivity index (χ0v) is 15.1. The van der Waals surface area contributed by atoms with Crippen LogP contribution < -0.4 is 4.90 Å². The van der Waals surface area contributed by atoms with Gasteiger partial charge in [-0.15, -0.1) is 18.2 Å². The first-order valence-corrected chi connectivity index (χ1v) is 7.01. The van der Waals surface area contributed by atoms with Crippen LogP contribution in [0.4, 0.5) is 14.5 Å². The predicted molar refractivity (Wildman–Crippen MR) is 78.1 cm³/mol. The van der Waals surface area contributed by atoms with Gasteiger partial charge in [-0.3, -0.25) is 4.79 Å². The number of carbonyl (C=O) groups is 1. The maximum Gasteiger partial charge on any atom is 0.221 e. The first kappa shape index (κ1) is 21.2. The zero-order valence-electron chi connectivity index (χ0n) is 13.5. The molecule has 6 heteroatoms. The van der Waals surface area contributed by atoms with Gasteiger partial charge < -0.3 is 9.64 Å². The summed E-state index contributed by atoms with van der Waals surface area (Å²) in [6.07, 6.45) is 1.52. The van der Waals surface area contributed by atoms with Crippen molar-refractivity contribution in [1.29, 1.82) is 0 Å². The summed E-state index contributed by atoms with van der Waals surface area (Å²) in [6.45, 7) is 6.11. The second-order valence-electron chi connectivity index (χ2n) is 5.59. The Morgan fingerprint density at radius 2 is 2.00 bits per heavy atom. The van der Waals surface area contributed by atoms with E-state index in [1.54, 1.807) is 0 Å². The Bertz CT molecular complexity index is 495. The number of anilines is 1. The molecule has 0 atom stereocenters. The van der Waals surface area contributed by atoms with Gasteiger partial charge in [-0.2, -0.15) is 0 Å². The third kappa shape index (κ3) is 5.45. The van der Waals surface area contributed by atoms with Crippen molar-refractivity contribution in [3.05, 3.63) is 29.8 Å². The fourth-order valence-corrected chi connectivity index (χ4v) is 2.26. The second kappa shape index (κ2) is 9.38. The van der Waals surface area contributed by atoms with Gasteiger partial charge in [0.2, 0.25) is 5.91 Å². The number of methoxy groups -OCH3 is 1. The maximum atomic E-state index is 13.9. The van der Waals surface area contributed by atoms with E-state index < -0.39 is 17.0 Å². The van der Waals surface area contributed by atoms with Crippen LogP contribution in [0.1, 0.15) is 33.6 Å². The molecule has 0 aliphatic carbocycles. The van der Waals surface area contributed by atoms with Crippen LogP contribution in [0.2, 0.25) is 0 Å². The van der Waals surface area contributed by atoms with Crippen molar-refractivity contribution in [2.24, 2.45) is 5.41 Å². The van der Waals surface area contributed by atoms with Crippen molar-refractivity contribution >= 4 is 11.6 Å². The number of benzene rings is 1. The van der Waals surface area contributed by atoms with Crippen molar-refractivity contribution < 1.29 is 40.0 Å². The summed E-state index contributed by atoms with van der Waals surface area (Å²) in [5.41, 5.74) is -0.591. The molecule has 0 unspecified atom stereocenters. The average Bonchev–Trinajstić information content (AvgIpc) is 2.40. The number of carbonyl (C=O) groups excluding carboxylic acids is 1. The van der Waals surface area contributed by atoms with Gasteiger partial charge in [0.1, 0.15) is 0 Å². The molecule has 1 aromatic carbocycles. The molecule has 0 aliphatic heterocycles. The molecule has 3 nitrogen and oxygen atoms in total. The minimum absolute atomic E-state index is 0. The van der Waals surface area contributed by atoms with Gasteiger partial charge in [0.25, 0.3) is 0 Å². The van der Waals surface area contributed by atoms with Crippen molar-refractivity contribution in [3.8, 4) is 0 Å². The Labute approximate surface area is 145 Å². The molecule has 0 aromatic heterocycles. The molecule has 0 saturated heterocycles. The number of hydrogen-bond acceptors (Lipinski definition) is 2. The summed E-state index contributed by atoms with van der Waals surface area (Å²) in [7, 11) is 1.51. The summed E-state index contributed by atoms with van der Waals surface area (Å²) in [5.74, 6) is -1.87. The van der Waals surface area contributed by atoms with Gasteiger partial charge in [-0.25, -0.2) is 8.78 Å². The van der Waals surface area contributed by atoms with Crippen molar-refractivity contribution in [2.45, 2.75) is 33.6 Å². The molecule has 122 valence electrons. The maximum absolute atomic E-state index is 13.9. The second-order valence-corrected chi connectivity index (χ2v) is 5.59. The first-order valence-electron chi connectivity index (χ1n) is 7.01. The summed E-state index contributed by atoms with van der Waals surface area (Å²) in [6, 6.07) is 4.32. The van der Waals surface area contributed by atoms with E-state index in [1.165, 1.54) is 18.1 Å². The number of amides is 1. The summed E-state index contributed by atoms with van der Waals surface area (Å²) >= 11 is 0. The Balaban J connectivity index is 0.00000441. The summed E-state index contributed by atoms with van der Waals surface area (Å²) < 4.78 is 31.9. The number of halogens is 2. The van der Waals surface area contributed by atoms with E-state index >= 15 is 0 Å². The van der Waals surface area contributed by atoms with Crippen LogP contribution in [0.15, 0.2) is 12.1 Å². The largest absolute Gasteiger partial charge is 0.383 e. The third-order valence-electron chi connectivity index (χ3n) is 3.35. The smallest absolute Gasteiger partial charge is 0.221 e. The van der Waals surface area contributed by atoms with E-state index in [-0.39, 0.29) is 46.5 Å². The van der Waals surface area contributed by atoms with Crippen LogP contribution in [0.5, 0.6) is 0 Å². The van der Waals surface area contributed by atoms with Crippen LogP contribution >= 0.6 is 0 Å². The Kier molecular flexibility index (Phi) is 9.05. The number of rotatable bonds is 7. The Morgan fingerprint density at radius 3 is 2.50 bits per heavy atom. The van der Waals surface area contributed by atoms with Crippen molar-refractivity contribution in [1.82, 2.24) is 0 Å². The molecule has 0 saturated carbocycles. The van der Waals surface area contributed by atoms with E-state index in [0.29, 0.717) is 6.42 Å². The van der Waals surface area contributed by atoms with Gasteiger partial charge in [-0.05, 0) is 12.1 Å². The number of nitrogens with zero attached hydrogens (tertiary/aromatic N) is 1. The molecule has 0 bridgehead atoms. The molecule has 1 rings (SSSR count). The van der Waals surface area contributed by atoms with Gasteiger partial charge >= 0.3 is 0 Å². The van der Waals surface area contributed by atoms with E-state index in [9.17, 15) is 13.6 Å². The first-order chi connectivity index (χ1) is 9.83. The minimum Gasteiger partial charge on any atom is -0.383 e. The number of ether oxygens (including phenoxy) is 1. The van der Waals surface area contributed by atoms with Gasteiger partial charge in [0, 0.05) is 52.4 Å². The SMILES string of the molecule is CCCC(C)(C)C(=O)N(CCOC)c1ccc(F)[c-]c1F.[Ti]. The van der Waals surface area contributed by atoms with Crippen LogP contribution in [0, 0.1) is 23.1 Å². The van der Waals surface area contributed by atoms with E-state index in [4.69, 9.17) is 4.74 Å². The van der Waals surface area contributed by atoms with Crippen LogP contribution in [-0.2, 0) is 31.2 Å². The molecule has 0 radical (unpaired) electrons. The van der Waals surface area contributed by atoms with E-state index in [0.717, 1.165) is 12.5 Å². The Morgan fingerprint density at radius 1 is 1.36 bits per heavy atom. The van der Waals surface area contributed by atoms with Gasteiger partial charge in [-0.1, -0.05) is 27.2 Å². The number of hydrogen-bond donors (Lipinski definition) is 0. The zero-order chi connectivity index (χ0) is 16.0. The fourth-order valence-electron chi connectivity index (χ4n) is 2.26. The average molecular weight is 346 g/mol. The fraction of sp³-hybridized carbons (Fsp3) is 0.562. The Hall–Kier alpha value is -0.776. The third-order valence-corrected chi connectivity index (χ3v) is 3.35. The van der Waals surface area contributed by atoms with Crippen molar-refractivity contribution in [2.75, 3.05) is 25.2 Å². The molecule has 22 heavy (non-hydrogen) atoms. The minimum atomic E-state index is -0.869. The quantitative estimate of drug-likeness (QED) is 0.558. The molecular formula is C16H22F2NO2Ti-. The molecule has 0 fully saturated rings. The van der Waals surface area contributed by atoms with Crippen LogP contribution in [0.3, 0.4) is 0 Å². The van der Waals surface area contributed by atoms with Gasteiger partial charge in [0.15, 0.2) is 0 Å². The van der Waals surface area contributed by atoms with Crippen LogP contribution in [-0.4, -0.2) is 26.2 Å². The monoisotopic (exact) mass is 346 g/mol. The standard InChI is InChI=1S/C16H22F2NO2.Ti/c1-5-8-16(2,3)15(20)19(9-10-21-4)14-7-6-12(17)11-13(14)18;/h6-7H,5,8-10H2,1-4H3;/q-1;. The van der Waals surface area contributed by atoms with Crippen molar-refractivity contribution in [3.63, 3.8) is 0 Å². The summed E-state index contributed by atoms with van der Waals surface area (Å²) in [5, 5.41) is 0. The molecular weight excluding hydrogens is 324 g/mol. The topological polar surface area (TPSA) is 29.5 Å². The molecule has 1 aromatic rings. The summed E-state index contributed by atoms with van der Waals surface area (Å²) in [4.78, 5) is 14.0. The van der Waals surface area contributed by atoms with Gasteiger partial charge in [0.05, 0.1) is 6.61 Å². The molecule has 0 N–H and O–H groups in total. The van der Waals surface area contributed by atoms with E-state index in [1.807, 2.05) is 26.8 Å². The van der Waals surface area contributed by atoms with E-state index in [2.05, 4.69) is 0 Å².